The molecule has 0 saturated heterocycles. The van der Waals surface area contributed by atoms with Gasteiger partial charge in [-0.15, -0.1) is 0 Å². The topological polar surface area (TPSA) is 12.0 Å². The Bertz CT molecular complexity index is 278. The third-order valence-corrected chi connectivity index (χ3v) is 3.97. The van der Waals surface area contributed by atoms with E-state index >= 15 is 0 Å². The predicted octanol–water partition coefficient (Wildman–Crippen LogP) is 4.90. The van der Waals surface area contributed by atoms with E-state index in [-0.39, 0.29) is 11.0 Å². The molecule has 0 aromatic heterocycles. The summed E-state index contributed by atoms with van der Waals surface area (Å²) in [5.74, 6) is 1.27. The molecule has 1 unspecified atom stereocenters. The fourth-order valence-corrected chi connectivity index (χ4v) is 2.20. The molecule has 0 aliphatic rings. The maximum absolute atomic E-state index is 4.40. The van der Waals surface area contributed by atoms with Gasteiger partial charge < -0.3 is 5.32 Å². The smallest absolute Gasteiger partial charge is 0.0402 e. The van der Waals surface area contributed by atoms with Gasteiger partial charge in [0.15, 0.2) is 0 Å². The number of rotatable bonds is 5. The number of nitrogens with one attached hydrogen (secondary N) is 1. The van der Waals surface area contributed by atoms with Gasteiger partial charge in [-0.3, -0.25) is 0 Å². The number of hydrogen-bond donors (Lipinski definition) is 2. The van der Waals surface area contributed by atoms with E-state index in [2.05, 4.69) is 79.9 Å². The molecule has 0 radical (unpaired) electrons. The molecule has 108 valence electrons. The summed E-state index contributed by atoms with van der Waals surface area (Å²) >= 11 is 4.40. The van der Waals surface area contributed by atoms with E-state index in [1.54, 1.807) is 0 Å². The SMILES string of the molecule is C=C(NC(C)(C)CS)C(CC(C)(C)C)C(C)(C)C. The van der Waals surface area contributed by atoms with Crippen LogP contribution in [0.1, 0.15) is 61.8 Å². The second kappa shape index (κ2) is 5.90. The van der Waals surface area contributed by atoms with E-state index in [9.17, 15) is 0 Å². The van der Waals surface area contributed by atoms with Crippen LogP contribution in [0.25, 0.3) is 0 Å². The van der Waals surface area contributed by atoms with Crippen LogP contribution in [0.3, 0.4) is 0 Å². The highest BCUT2D eigenvalue weighted by Gasteiger charge is 2.32. The van der Waals surface area contributed by atoms with Crippen molar-refractivity contribution in [3.8, 4) is 0 Å². The van der Waals surface area contributed by atoms with Gasteiger partial charge in [0, 0.05) is 22.9 Å². The third-order valence-electron chi connectivity index (χ3n) is 3.18. The summed E-state index contributed by atoms with van der Waals surface area (Å²) in [6.45, 7) is 22.4. The molecule has 0 spiro atoms. The van der Waals surface area contributed by atoms with Crippen molar-refractivity contribution in [2.24, 2.45) is 16.7 Å². The van der Waals surface area contributed by atoms with Crippen LogP contribution in [0.2, 0.25) is 0 Å². The van der Waals surface area contributed by atoms with Crippen LogP contribution in [-0.2, 0) is 0 Å². The van der Waals surface area contributed by atoms with E-state index < -0.39 is 0 Å². The second-order valence-corrected chi connectivity index (χ2v) is 8.69. The molecule has 0 aromatic carbocycles. The first-order valence-electron chi connectivity index (χ1n) is 6.86. The Labute approximate surface area is 120 Å². The quantitative estimate of drug-likeness (QED) is 0.678. The summed E-state index contributed by atoms with van der Waals surface area (Å²) in [6.07, 6.45) is 1.14. The lowest BCUT2D eigenvalue weighted by molar-refractivity contribution is 0.183. The molecule has 0 bridgehead atoms. The molecule has 0 amide bonds. The molecule has 0 heterocycles. The van der Waals surface area contributed by atoms with Crippen molar-refractivity contribution >= 4 is 12.6 Å². The summed E-state index contributed by atoms with van der Waals surface area (Å²) in [6, 6.07) is 0. The minimum Gasteiger partial charge on any atom is -0.383 e. The van der Waals surface area contributed by atoms with Crippen molar-refractivity contribution in [1.29, 1.82) is 0 Å². The van der Waals surface area contributed by atoms with Gasteiger partial charge in [-0.25, -0.2) is 0 Å². The van der Waals surface area contributed by atoms with Crippen LogP contribution in [0.5, 0.6) is 0 Å². The van der Waals surface area contributed by atoms with Crippen LogP contribution in [0.4, 0.5) is 0 Å². The lowest BCUT2D eigenvalue weighted by atomic mass is 9.70. The summed E-state index contributed by atoms with van der Waals surface area (Å²) in [5.41, 5.74) is 1.69. The fraction of sp³-hybridized carbons (Fsp3) is 0.875. The van der Waals surface area contributed by atoms with E-state index in [1.165, 1.54) is 0 Å². The maximum Gasteiger partial charge on any atom is 0.0402 e. The lowest BCUT2D eigenvalue weighted by Gasteiger charge is -2.40. The minimum atomic E-state index is 0.00157. The van der Waals surface area contributed by atoms with Crippen molar-refractivity contribution < 1.29 is 0 Å². The first-order chi connectivity index (χ1) is 7.78. The van der Waals surface area contributed by atoms with Gasteiger partial charge in [0.25, 0.3) is 0 Å². The van der Waals surface area contributed by atoms with Crippen LogP contribution in [0.15, 0.2) is 12.3 Å². The Morgan fingerprint density at radius 2 is 1.50 bits per heavy atom. The average molecular weight is 272 g/mol. The zero-order chi connectivity index (χ0) is 14.8. The van der Waals surface area contributed by atoms with Crippen molar-refractivity contribution in [2.75, 3.05) is 5.75 Å². The van der Waals surface area contributed by atoms with Gasteiger partial charge in [0.1, 0.15) is 0 Å². The van der Waals surface area contributed by atoms with Gasteiger partial charge >= 0.3 is 0 Å². The molecule has 0 fully saturated rings. The van der Waals surface area contributed by atoms with Gasteiger partial charge in [0.2, 0.25) is 0 Å². The number of allylic oxidation sites excluding steroid dienone is 1. The summed E-state index contributed by atoms with van der Waals surface area (Å²) in [5, 5.41) is 3.56. The average Bonchev–Trinajstić information content (AvgIpc) is 2.10. The first-order valence-corrected chi connectivity index (χ1v) is 7.49. The largest absolute Gasteiger partial charge is 0.383 e. The molecule has 0 rings (SSSR count). The Morgan fingerprint density at radius 1 is 1.06 bits per heavy atom. The molecule has 1 N–H and O–H groups in total. The molecular formula is C16H33NS. The monoisotopic (exact) mass is 271 g/mol. The van der Waals surface area contributed by atoms with Gasteiger partial charge in [-0.2, -0.15) is 12.6 Å². The van der Waals surface area contributed by atoms with E-state index in [0.717, 1.165) is 17.9 Å². The molecule has 0 aliphatic heterocycles. The Hall–Kier alpha value is -0.110. The standard InChI is InChI=1S/C16H33NS/c1-12(17-16(8,9)11-18)13(15(5,6)7)10-14(2,3)4/h13,17-18H,1,10-11H2,2-9H3. The first kappa shape index (κ1) is 17.9. The Balaban J connectivity index is 4.95. The van der Waals surface area contributed by atoms with Gasteiger partial charge in [-0.1, -0.05) is 48.1 Å². The zero-order valence-corrected chi connectivity index (χ0v) is 14.5. The minimum absolute atomic E-state index is 0.00157. The van der Waals surface area contributed by atoms with Crippen LogP contribution >= 0.6 is 12.6 Å². The van der Waals surface area contributed by atoms with E-state index in [4.69, 9.17) is 0 Å². The highest BCUT2D eigenvalue weighted by atomic mass is 32.1. The maximum atomic E-state index is 4.40. The number of thiol groups is 1. The van der Waals surface area contributed by atoms with Gasteiger partial charge in [-0.05, 0) is 31.1 Å². The highest BCUT2D eigenvalue weighted by Crippen LogP contribution is 2.39. The molecular weight excluding hydrogens is 238 g/mol. The van der Waals surface area contributed by atoms with Gasteiger partial charge in [0.05, 0.1) is 0 Å². The van der Waals surface area contributed by atoms with Crippen LogP contribution in [0, 0.1) is 16.7 Å². The van der Waals surface area contributed by atoms with Crippen molar-refractivity contribution in [2.45, 2.75) is 67.3 Å². The second-order valence-electron chi connectivity index (χ2n) is 8.38. The number of hydrogen-bond acceptors (Lipinski definition) is 2. The molecule has 2 heteroatoms. The normalized spacial score (nSPS) is 15.4. The molecule has 0 saturated carbocycles. The van der Waals surface area contributed by atoms with Crippen LogP contribution < -0.4 is 5.32 Å². The molecule has 1 nitrogen and oxygen atoms in total. The highest BCUT2D eigenvalue weighted by molar-refractivity contribution is 7.80. The zero-order valence-electron chi connectivity index (χ0n) is 13.6. The summed E-state index contributed by atoms with van der Waals surface area (Å²) in [4.78, 5) is 0. The molecule has 18 heavy (non-hydrogen) atoms. The Kier molecular flexibility index (Phi) is 5.86. The Morgan fingerprint density at radius 3 is 1.78 bits per heavy atom. The van der Waals surface area contributed by atoms with Crippen LogP contribution in [-0.4, -0.2) is 11.3 Å². The van der Waals surface area contributed by atoms with Crippen molar-refractivity contribution in [1.82, 2.24) is 5.32 Å². The predicted molar refractivity (Wildman–Crippen MR) is 87.2 cm³/mol. The van der Waals surface area contributed by atoms with Crippen molar-refractivity contribution in [3.05, 3.63) is 12.3 Å². The summed E-state index contributed by atoms with van der Waals surface area (Å²) < 4.78 is 0. The fourth-order valence-electron chi connectivity index (χ4n) is 2.13. The van der Waals surface area contributed by atoms with E-state index in [1.807, 2.05) is 0 Å². The van der Waals surface area contributed by atoms with E-state index in [0.29, 0.717) is 11.3 Å². The molecule has 0 aliphatic carbocycles. The third kappa shape index (κ3) is 6.72. The molecule has 0 aromatic rings. The summed E-state index contributed by atoms with van der Waals surface area (Å²) in [7, 11) is 0. The lowest BCUT2D eigenvalue weighted by Crippen LogP contribution is -2.44. The van der Waals surface area contributed by atoms with Crippen molar-refractivity contribution in [3.63, 3.8) is 0 Å². The molecule has 1 atom stereocenters.